The summed E-state index contributed by atoms with van der Waals surface area (Å²) in [5.74, 6) is -0.568. The van der Waals surface area contributed by atoms with Gasteiger partial charge in [0.1, 0.15) is 11.6 Å². The molecule has 21 heavy (non-hydrogen) atoms. The summed E-state index contributed by atoms with van der Waals surface area (Å²) in [6.07, 6.45) is -3.11. The topological polar surface area (TPSA) is 110 Å². The molecule has 4 N–H and O–H groups in total. The molecule has 0 amide bonds. The number of alkyl halides is 3. The summed E-state index contributed by atoms with van der Waals surface area (Å²) in [5.41, 5.74) is 6.29. The molecule has 0 aliphatic carbocycles. The van der Waals surface area contributed by atoms with E-state index in [9.17, 15) is 13.2 Å². The Morgan fingerprint density at radius 1 is 1.29 bits per heavy atom. The second-order valence-electron chi connectivity index (χ2n) is 4.17. The zero-order valence-corrected chi connectivity index (χ0v) is 10.4. The number of nitrogens with two attached hydrogens (primary N) is 1. The molecule has 0 aliphatic heterocycles. The Labute approximate surface area is 115 Å². The van der Waals surface area contributed by atoms with E-state index in [0.29, 0.717) is 15.9 Å². The molecule has 0 bridgehead atoms. The van der Waals surface area contributed by atoms with E-state index < -0.39 is 12.0 Å². The first-order valence-corrected chi connectivity index (χ1v) is 5.76. The van der Waals surface area contributed by atoms with E-state index in [2.05, 4.69) is 30.8 Å². The van der Waals surface area contributed by atoms with Gasteiger partial charge in [0.15, 0.2) is 5.65 Å². The van der Waals surface area contributed by atoms with Crippen molar-refractivity contribution in [2.45, 2.75) is 12.7 Å². The molecule has 0 aromatic carbocycles. The highest BCUT2D eigenvalue weighted by Gasteiger charge is 2.37. The maximum atomic E-state index is 12.7. The van der Waals surface area contributed by atoms with Crippen molar-refractivity contribution >= 4 is 17.3 Å². The van der Waals surface area contributed by atoms with Gasteiger partial charge in [-0.3, -0.25) is 5.10 Å². The Balaban J connectivity index is 1.88. The van der Waals surface area contributed by atoms with Gasteiger partial charge in [-0.05, 0) is 12.1 Å². The van der Waals surface area contributed by atoms with Gasteiger partial charge in [-0.15, -0.1) is 15.3 Å². The van der Waals surface area contributed by atoms with Crippen LogP contribution >= 0.6 is 0 Å². The number of fused-ring (bicyclic) bond motifs is 1. The molecule has 0 unspecified atom stereocenters. The van der Waals surface area contributed by atoms with Gasteiger partial charge in [-0.1, -0.05) is 0 Å². The molecule has 11 heteroatoms. The van der Waals surface area contributed by atoms with Gasteiger partial charge < -0.3 is 11.1 Å². The minimum absolute atomic E-state index is 0.00991. The SMILES string of the molecule is Nc1[nH]ncc1CNc1ccc2nnc(C(F)(F)F)n2n1. The summed E-state index contributed by atoms with van der Waals surface area (Å²) in [4.78, 5) is 0. The summed E-state index contributed by atoms with van der Waals surface area (Å²) in [6, 6.07) is 2.89. The minimum atomic E-state index is -4.62. The molecular weight excluding hydrogens is 289 g/mol. The van der Waals surface area contributed by atoms with Gasteiger partial charge in [0, 0.05) is 12.1 Å². The number of hydrogen-bond acceptors (Lipinski definition) is 6. The van der Waals surface area contributed by atoms with Gasteiger partial charge >= 0.3 is 6.18 Å². The van der Waals surface area contributed by atoms with E-state index in [1.165, 1.54) is 18.3 Å². The molecule has 0 fully saturated rings. The number of nitrogens with one attached hydrogen (secondary N) is 2. The van der Waals surface area contributed by atoms with Crippen molar-refractivity contribution in [3.8, 4) is 0 Å². The lowest BCUT2D eigenvalue weighted by molar-refractivity contribution is -0.146. The molecule has 0 spiro atoms. The summed E-state index contributed by atoms with van der Waals surface area (Å²) < 4.78 is 38.8. The first-order valence-electron chi connectivity index (χ1n) is 5.76. The third kappa shape index (κ3) is 2.44. The number of halogens is 3. The third-order valence-corrected chi connectivity index (χ3v) is 2.73. The molecule has 0 saturated heterocycles. The molecule has 0 saturated carbocycles. The van der Waals surface area contributed by atoms with Crippen LogP contribution in [0.3, 0.4) is 0 Å². The van der Waals surface area contributed by atoms with Crippen LogP contribution in [0.1, 0.15) is 11.4 Å². The highest BCUT2D eigenvalue weighted by Crippen LogP contribution is 2.27. The molecule has 3 heterocycles. The highest BCUT2D eigenvalue weighted by molar-refractivity contribution is 5.46. The fourth-order valence-electron chi connectivity index (χ4n) is 1.71. The zero-order chi connectivity index (χ0) is 15.0. The van der Waals surface area contributed by atoms with Crippen LogP contribution in [0, 0.1) is 0 Å². The van der Waals surface area contributed by atoms with Crippen LogP contribution in [-0.4, -0.2) is 30.0 Å². The van der Waals surface area contributed by atoms with E-state index in [-0.39, 0.29) is 18.0 Å². The fourth-order valence-corrected chi connectivity index (χ4v) is 1.71. The van der Waals surface area contributed by atoms with Crippen molar-refractivity contribution < 1.29 is 13.2 Å². The molecule has 3 rings (SSSR count). The van der Waals surface area contributed by atoms with Crippen LogP contribution in [0.25, 0.3) is 5.65 Å². The van der Waals surface area contributed by atoms with Crippen LogP contribution < -0.4 is 11.1 Å². The average Bonchev–Trinajstić information content (AvgIpc) is 3.01. The number of anilines is 2. The van der Waals surface area contributed by atoms with Crippen molar-refractivity contribution in [3.05, 3.63) is 29.7 Å². The highest BCUT2D eigenvalue weighted by atomic mass is 19.4. The van der Waals surface area contributed by atoms with E-state index >= 15 is 0 Å². The van der Waals surface area contributed by atoms with Crippen molar-refractivity contribution in [2.24, 2.45) is 0 Å². The van der Waals surface area contributed by atoms with Crippen molar-refractivity contribution in [2.75, 3.05) is 11.1 Å². The van der Waals surface area contributed by atoms with Crippen LogP contribution in [0.2, 0.25) is 0 Å². The average molecular weight is 298 g/mol. The largest absolute Gasteiger partial charge is 0.453 e. The molecule has 0 radical (unpaired) electrons. The number of nitrogens with zero attached hydrogens (tertiary/aromatic N) is 5. The normalized spacial score (nSPS) is 12.0. The number of hydrogen-bond donors (Lipinski definition) is 3. The number of rotatable bonds is 3. The molecule has 0 aliphatic rings. The van der Waals surface area contributed by atoms with E-state index in [1.54, 1.807) is 0 Å². The molecule has 3 aromatic rings. The van der Waals surface area contributed by atoms with E-state index in [0.717, 1.165) is 0 Å². The monoisotopic (exact) mass is 298 g/mol. The summed E-state index contributed by atoms with van der Waals surface area (Å²) >= 11 is 0. The lowest BCUT2D eigenvalue weighted by Crippen LogP contribution is -2.13. The Morgan fingerprint density at radius 3 is 2.76 bits per heavy atom. The van der Waals surface area contributed by atoms with Crippen LogP contribution in [0.15, 0.2) is 18.3 Å². The van der Waals surface area contributed by atoms with Gasteiger partial charge in [-0.25, -0.2) is 0 Å². The standard InChI is InChI=1S/C10H9F3N8/c11-10(12,13)9-19-17-7-2-1-6(20-21(7)9)15-3-5-4-16-18-8(5)14/h1-2,4H,3H2,(H,15,20)(H3,14,16,18). The first-order chi connectivity index (χ1) is 9.95. The van der Waals surface area contributed by atoms with E-state index in [1.807, 2.05) is 0 Å². The van der Waals surface area contributed by atoms with Crippen LogP contribution in [-0.2, 0) is 12.7 Å². The number of H-pyrrole nitrogens is 1. The maximum absolute atomic E-state index is 12.7. The van der Waals surface area contributed by atoms with Gasteiger partial charge in [0.25, 0.3) is 5.82 Å². The Bertz CT molecular complexity index is 774. The summed E-state index contributed by atoms with van der Waals surface area (Å²) in [6.45, 7) is 0.268. The lowest BCUT2D eigenvalue weighted by Gasteiger charge is -2.06. The smallest absolute Gasteiger partial charge is 0.384 e. The maximum Gasteiger partial charge on any atom is 0.453 e. The molecule has 3 aromatic heterocycles. The Hall–Kier alpha value is -2.85. The summed E-state index contributed by atoms with van der Waals surface area (Å²) in [7, 11) is 0. The van der Waals surface area contributed by atoms with Gasteiger partial charge in [-0.2, -0.15) is 22.8 Å². The van der Waals surface area contributed by atoms with Gasteiger partial charge in [0.05, 0.1) is 6.20 Å². The number of aromatic nitrogens is 6. The van der Waals surface area contributed by atoms with Crippen LogP contribution in [0.4, 0.5) is 24.8 Å². The van der Waals surface area contributed by atoms with Crippen molar-refractivity contribution in [3.63, 3.8) is 0 Å². The first kappa shape index (κ1) is 13.1. The second-order valence-corrected chi connectivity index (χ2v) is 4.17. The molecule has 0 atom stereocenters. The number of aromatic amines is 1. The Kier molecular flexibility index (Phi) is 2.89. The lowest BCUT2D eigenvalue weighted by atomic mass is 10.3. The second kappa shape index (κ2) is 4.61. The quantitative estimate of drug-likeness (QED) is 0.667. The third-order valence-electron chi connectivity index (χ3n) is 2.73. The van der Waals surface area contributed by atoms with E-state index in [4.69, 9.17) is 5.73 Å². The van der Waals surface area contributed by atoms with Crippen molar-refractivity contribution in [1.82, 2.24) is 30.0 Å². The summed E-state index contributed by atoms with van der Waals surface area (Å²) in [5, 5.41) is 19.5. The predicted octanol–water partition coefficient (Wildman–Crippen LogP) is 1.06. The van der Waals surface area contributed by atoms with Crippen molar-refractivity contribution in [1.29, 1.82) is 0 Å². The Morgan fingerprint density at radius 2 is 2.10 bits per heavy atom. The zero-order valence-electron chi connectivity index (χ0n) is 10.4. The molecular formula is C10H9F3N8. The molecule has 110 valence electrons. The number of nitrogen functional groups attached to an aromatic ring is 1. The predicted molar refractivity (Wildman–Crippen MR) is 66.1 cm³/mol. The van der Waals surface area contributed by atoms with Crippen LogP contribution in [0.5, 0.6) is 0 Å². The molecule has 8 nitrogen and oxygen atoms in total. The fraction of sp³-hybridized carbons (Fsp3) is 0.200. The van der Waals surface area contributed by atoms with Gasteiger partial charge in [0.2, 0.25) is 0 Å². The minimum Gasteiger partial charge on any atom is -0.384 e.